The Morgan fingerprint density at radius 3 is 2.79 bits per heavy atom. The Morgan fingerprint density at radius 1 is 1.33 bits per heavy atom. The number of nitrogens with one attached hydrogen (secondary N) is 1. The molecule has 1 aliphatic rings. The summed E-state index contributed by atoms with van der Waals surface area (Å²) in [5.41, 5.74) is 0.256. The zero-order chi connectivity index (χ0) is 17.8. The lowest BCUT2D eigenvalue weighted by Gasteiger charge is -2.23. The first-order valence-electron chi connectivity index (χ1n) is 8.09. The summed E-state index contributed by atoms with van der Waals surface area (Å²) < 4.78 is 36.9. The average molecular weight is 344 g/mol. The van der Waals surface area contributed by atoms with Crippen LogP contribution in [0.25, 0.3) is 0 Å². The van der Waals surface area contributed by atoms with Crippen molar-refractivity contribution in [3.05, 3.63) is 29.8 Å². The Morgan fingerprint density at radius 2 is 2.08 bits per heavy atom. The molecule has 1 aromatic carbocycles. The number of carbonyl (C=O) groups excluding carboxylic acids is 1. The van der Waals surface area contributed by atoms with Crippen LogP contribution < -0.4 is 5.32 Å². The zero-order valence-corrected chi connectivity index (χ0v) is 13.7. The van der Waals surface area contributed by atoms with E-state index in [1.54, 1.807) is 36.1 Å². The van der Waals surface area contributed by atoms with Crippen LogP contribution in [0.15, 0.2) is 24.3 Å². The number of likely N-dealkylation sites (tertiary alicyclic amines) is 1. The summed E-state index contributed by atoms with van der Waals surface area (Å²) in [5, 5.41) is 12.8. The highest BCUT2D eigenvalue weighted by atomic mass is 19.4. The number of nitrogens with zero attached hydrogens (tertiary/aromatic N) is 1. The molecule has 0 aliphatic carbocycles. The van der Waals surface area contributed by atoms with Gasteiger partial charge in [-0.1, -0.05) is 12.1 Å². The minimum atomic E-state index is -4.19. The van der Waals surface area contributed by atoms with Crippen molar-refractivity contribution in [1.82, 2.24) is 4.90 Å². The van der Waals surface area contributed by atoms with Crippen LogP contribution in [0.4, 0.5) is 23.7 Å². The molecule has 1 atom stereocenters. The van der Waals surface area contributed by atoms with Gasteiger partial charge in [-0.25, -0.2) is 4.79 Å². The van der Waals surface area contributed by atoms with Gasteiger partial charge in [-0.3, -0.25) is 0 Å². The SMILES string of the molecule is C[C@@]1(O)CCCN(C(=O)Nc2cccc(CCC(F)(F)F)c2)CC1. The Hall–Kier alpha value is -1.76. The minimum Gasteiger partial charge on any atom is -0.390 e. The fourth-order valence-electron chi connectivity index (χ4n) is 2.76. The summed E-state index contributed by atoms with van der Waals surface area (Å²) in [7, 11) is 0. The maximum absolute atomic E-state index is 12.3. The second-order valence-electron chi connectivity index (χ2n) is 6.58. The van der Waals surface area contributed by atoms with Crippen LogP contribution in [-0.4, -0.2) is 40.9 Å². The van der Waals surface area contributed by atoms with Crippen molar-refractivity contribution >= 4 is 11.7 Å². The average Bonchev–Trinajstić information content (AvgIpc) is 2.66. The summed E-state index contributed by atoms with van der Waals surface area (Å²) in [6.07, 6.45) is -3.32. The van der Waals surface area contributed by atoms with E-state index in [1.165, 1.54) is 0 Å². The molecule has 0 spiro atoms. The molecule has 0 aromatic heterocycles. The van der Waals surface area contributed by atoms with Gasteiger partial charge in [-0.05, 0) is 50.3 Å². The van der Waals surface area contributed by atoms with Crippen molar-refractivity contribution in [2.24, 2.45) is 0 Å². The second-order valence-corrected chi connectivity index (χ2v) is 6.58. The number of hydrogen-bond acceptors (Lipinski definition) is 2. The predicted octanol–water partition coefficient (Wildman–Crippen LogP) is 3.95. The molecule has 1 aliphatic heterocycles. The van der Waals surface area contributed by atoms with E-state index in [0.29, 0.717) is 43.6 Å². The van der Waals surface area contributed by atoms with Gasteiger partial charge in [0.2, 0.25) is 0 Å². The largest absolute Gasteiger partial charge is 0.390 e. The Kier molecular flexibility index (Phi) is 5.74. The van der Waals surface area contributed by atoms with Gasteiger partial charge >= 0.3 is 12.2 Å². The highest BCUT2D eigenvalue weighted by molar-refractivity contribution is 5.89. The Labute approximate surface area is 139 Å². The Bertz CT molecular complexity index is 573. The van der Waals surface area contributed by atoms with E-state index in [9.17, 15) is 23.1 Å². The molecule has 1 saturated heterocycles. The van der Waals surface area contributed by atoms with E-state index in [2.05, 4.69) is 5.32 Å². The number of benzene rings is 1. The molecule has 0 radical (unpaired) electrons. The van der Waals surface area contributed by atoms with Crippen LogP contribution >= 0.6 is 0 Å². The maximum Gasteiger partial charge on any atom is 0.389 e. The molecule has 1 aromatic rings. The first kappa shape index (κ1) is 18.6. The summed E-state index contributed by atoms with van der Waals surface area (Å²) in [6, 6.07) is 6.18. The molecule has 2 rings (SSSR count). The van der Waals surface area contributed by atoms with Crippen molar-refractivity contribution in [3.63, 3.8) is 0 Å². The number of urea groups is 1. The first-order valence-corrected chi connectivity index (χ1v) is 8.09. The monoisotopic (exact) mass is 344 g/mol. The van der Waals surface area contributed by atoms with Gasteiger partial charge in [0.25, 0.3) is 0 Å². The normalized spacial score (nSPS) is 22.1. The summed E-state index contributed by atoms with van der Waals surface area (Å²) in [5.74, 6) is 0. The van der Waals surface area contributed by atoms with Crippen molar-refractivity contribution in [1.29, 1.82) is 0 Å². The highest BCUT2D eigenvalue weighted by Gasteiger charge is 2.28. The van der Waals surface area contributed by atoms with Crippen LogP contribution in [0.1, 0.15) is 38.2 Å². The third-order valence-electron chi connectivity index (χ3n) is 4.23. The third kappa shape index (κ3) is 6.03. The molecule has 134 valence electrons. The lowest BCUT2D eigenvalue weighted by atomic mass is 9.98. The zero-order valence-electron chi connectivity index (χ0n) is 13.7. The van der Waals surface area contributed by atoms with Gasteiger partial charge < -0.3 is 15.3 Å². The molecule has 0 unspecified atom stereocenters. The van der Waals surface area contributed by atoms with E-state index in [0.717, 1.165) is 0 Å². The number of hydrogen-bond donors (Lipinski definition) is 2. The number of aliphatic hydroxyl groups is 1. The minimum absolute atomic E-state index is 0.111. The van der Waals surface area contributed by atoms with Gasteiger partial charge in [0.05, 0.1) is 5.60 Å². The molecule has 2 N–H and O–H groups in total. The number of rotatable bonds is 3. The maximum atomic E-state index is 12.3. The molecular formula is C17H23F3N2O2. The van der Waals surface area contributed by atoms with Crippen LogP contribution in [0.3, 0.4) is 0 Å². The van der Waals surface area contributed by atoms with Crippen LogP contribution in [0.5, 0.6) is 0 Å². The van der Waals surface area contributed by atoms with Gasteiger partial charge in [0.1, 0.15) is 0 Å². The summed E-state index contributed by atoms with van der Waals surface area (Å²) in [6.45, 7) is 2.76. The van der Waals surface area contributed by atoms with E-state index >= 15 is 0 Å². The highest BCUT2D eigenvalue weighted by Crippen LogP contribution is 2.24. The van der Waals surface area contributed by atoms with Crippen molar-refractivity contribution < 1.29 is 23.1 Å². The number of anilines is 1. The van der Waals surface area contributed by atoms with Crippen molar-refractivity contribution in [3.8, 4) is 0 Å². The fraction of sp³-hybridized carbons (Fsp3) is 0.588. The quantitative estimate of drug-likeness (QED) is 0.872. The van der Waals surface area contributed by atoms with Gasteiger partial charge in [-0.15, -0.1) is 0 Å². The van der Waals surface area contributed by atoms with Gasteiger partial charge in [-0.2, -0.15) is 13.2 Å². The number of amides is 2. The molecule has 7 heteroatoms. The lowest BCUT2D eigenvalue weighted by molar-refractivity contribution is -0.134. The van der Waals surface area contributed by atoms with E-state index in [1.807, 2.05) is 0 Å². The van der Waals surface area contributed by atoms with Gasteiger partial charge in [0.15, 0.2) is 0 Å². The van der Waals surface area contributed by atoms with Crippen LogP contribution in [0.2, 0.25) is 0 Å². The lowest BCUT2D eigenvalue weighted by Crippen LogP contribution is -2.36. The van der Waals surface area contributed by atoms with E-state index in [-0.39, 0.29) is 12.5 Å². The number of halogens is 3. The third-order valence-corrected chi connectivity index (χ3v) is 4.23. The topological polar surface area (TPSA) is 52.6 Å². The smallest absolute Gasteiger partial charge is 0.389 e. The van der Waals surface area contributed by atoms with Crippen LogP contribution in [0, 0.1) is 0 Å². The van der Waals surface area contributed by atoms with Crippen LogP contribution in [-0.2, 0) is 6.42 Å². The second kappa shape index (κ2) is 7.42. The van der Waals surface area contributed by atoms with Crippen molar-refractivity contribution in [2.45, 2.75) is 50.8 Å². The Balaban J connectivity index is 1.94. The van der Waals surface area contributed by atoms with Crippen molar-refractivity contribution in [2.75, 3.05) is 18.4 Å². The molecular weight excluding hydrogens is 321 g/mol. The number of alkyl halides is 3. The van der Waals surface area contributed by atoms with E-state index < -0.39 is 18.2 Å². The molecule has 4 nitrogen and oxygen atoms in total. The number of carbonyl (C=O) groups is 1. The molecule has 0 saturated carbocycles. The molecule has 1 heterocycles. The van der Waals surface area contributed by atoms with Gasteiger partial charge in [0, 0.05) is 25.2 Å². The molecule has 2 amide bonds. The summed E-state index contributed by atoms with van der Waals surface area (Å²) in [4.78, 5) is 13.9. The van der Waals surface area contributed by atoms with E-state index in [4.69, 9.17) is 0 Å². The standard InChI is InChI=1S/C17H23F3N2O2/c1-16(24)7-3-10-22(11-9-16)15(23)21-14-5-2-4-13(12-14)6-8-17(18,19)20/h2,4-5,12,24H,3,6-11H2,1H3,(H,21,23)/t16-/m1/s1. The fourth-order valence-corrected chi connectivity index (χ4v) is 2.76. The summed E-state index contributed by atoms with van der Waals surface area (Å²) >= 11 is 0. The number of aryl methyl sites for hydroxylation is 1. The molecule has 0 bridgehead atoms. The first-order chi connectivity index (χ1) is 11.1. The predicted molar refractivity (Wildman–Crippen MR) is 85.9 cm³/mol. The molecule has 24 heavy (non-hydrogen) atoms. The molecule has 1 fully saturated rings.